The molecule has 0 saturated carbocycles. The molecule has 3 N–H and O–H groups in total. The van der Waals surface area contributed by atoms with E-state index in [1.165, 1.54) is 24.3 Å². The van der Waals surface area contributed by atoms with E-state index in [4.69, 9.17) is 5.11 Å². The van der Waals surface area contributed by atoms with Crippen LogP contribution in [0.15, 0.2) is 24.3 Å². The van der Waals surface area contributed by atoms with E-state index >= 15 is 0 Å². The average Bonchev–Trinajstić information content (AvgIpc) is 2.36. The van der Waals surface area contributed by atoms with Crippen LogP contribution < -0.4 is 10.6 Å². The predicted molar refractivity (Wildman–Crippen MR) is 78.2 cm³/mol. The molecule has 0 spiro atoms. The Bertz CT molecular complexity index is 547. The highest BCUT2D eigenvalue weighted by Crippen LogP contribution is 2.05. The number of carboxylic acids is 1. The van der Waals surface area contributed by atoms with Gasteiger partial charge in [-0.15, -0.1) is 0 Å². The SMILES string of the molecule is CC(C)(C)NC(=O)CCNC(=O)c1cccc(C(=O)O)c1. The number of aromatic carboxylic acids is 1. The first-order chi connectivity index (χ1) is 9.69. The van der Waals surface area contributed by atoms with Crippen molar-refractivity contribution in [1.29, 1.82) is 0 Å². The molecule has 0 radical (unpaired) electrons. The van der Waals surface area contributed by atoms with Crippen LogP contribution in [-0.2, 0) is 4.79 Å². The highest BCUT2D eigenvalue weighted by molar-refractivity contribution is 5.97. The summed E-state index contributed by atoms with van der Waals surface area (Å²) in [6, 6.07) is 5.74. The fourth-order valence-electron chi connectivity index (χ4n) is 1.67. The van der Waals surface area contributed by atoms with Crippen molar-refractivity contribution in [3.8, 4) is 0 Å². The van der Waals surface area contributed by atoms with Crippen molar-refractivity contribution in [3.63, 3.8) is 0 Å². The first kappa shape index (κ1) is 16.7. The van der Waals surface area contributed by atoms with E-state index in [0.29, 0.717) is 0 Å². The van der Waals surface area contributed by atoms with Gasteiger partial charge in [-0.05, 0) is 39.0 Å². The lowest BCUT2D eigenvalue weighted by molar-refractivity contribution is -0.122. The normalized spacial score (nSPS) is 10.8. The van der Waals surface area contributed by atoms with Crippen LogP contribution in [0.25, 0.3) is 0 Å². The molecule has 0 atom stereocenters. The van der Waals surface area contributed by atoms with Gasteiger partial charge in [0.1, 0.15) is 0 Å². The first-order valence-corrected chi connectivity index (χ1v) is 6.61. The minimum absolute atomic E-state index is 0.0492. The van der Waals surface area contributed by atoms with Crippen LogP contribution in [0.5, 0.6) is 0 Å². The summed E-state index contributed by atoms with van der Waals surface area (Å²) in [4.78, 5) is 34.3. The third-order valence-electron chi connectivity index (χ3n) is 2.52. The molecule has 6 heteroatoms. The van der Waals surface area contributed by atoms with Crippen LogP contribution in [0.4, 0.5) is 0 Å². The Balaban J connectivity index is 2.49. The van der Waals surface area contributed by atoms with Crippen LogP contribution in [0.1, 0.15) is 47.9 Å². The third-order valence-corrected chi connectivity index (χ3v) is 2.52. The Morgan fingerprint density at radius 2 is 1.76 bits per heavy atom. The molecule has 1 aromatic carbocycles. The minimum Gasteiger partial charge on any atom is -0.478 e. The van der Waals surface area contributed by atoms with Gasteiger partial charge in [0.25, 0.3) is 5.91 Å². The molecule has 0 fully saturated rings. The molecule has 114 valence electrons. The maximum absolute atomic E-state index is 11.9. The largest absolute Gasteiger partial charge is 0.478 e. The van der Waals surface area contributed by atoms with Gasteiger partial charge in [-0.3, -0.25) is 9.59 Å². The van der Waals surface area contributed by atoms with Gasteiger partial charge in [0.2, 0.25) is 5.91 Å². The number of benzene rings is 1. The zero-order chi connectivity index (χ0) is 16.0. The van der Waals surface area contributed by atoms with Crippen molar-refractivity contribution in [1.82, 2.24) is 10.6 Å². The zero-order valence-corrected chi connectivity index (χ0v) is 12.4. The summed E-state index contributed by atoms with van der Waals surface area (Å²) in [5.41, 5.74) is -0.00375. The van der Waals surface area contributed by atoms with Gasteiger partial charge in [-0.25, -0.2) is 4.79 Å². The van der Waals surface area contributed by atoms with Gasteiger partial charge in [-0.2, -0.15) is 0 Å². The maximum atomic E-state index is 11.9. The van der Waals surface area contributed by atoms with E-state index < -0.39 is 11.9 Å². The highest BCUT2D eigenvalue weighted by atomic mass is 16.4. The third kappa shape index (κ3) is 6.07. The molecule has 0 unspecified atom stereocenters. The van der Waals surface area contributed by atoms with Gasteiger partial charge in [-0.1, -0.05) is 6.07 Å². The Labute approximate surface area is 123 Å². The van der Waals surface area contributed by atoms with E-state index in [-0.39, 0.29) is 35.5 Å². The van der Waals surface area contributed by atoms with Crippen molar-refractivity contribution in [3.05, 3.63) is 35.4 Å². The molecule has 1 aromatic rings. The number of amides is 2. The monoisotopic (exact) mass is 292 g/mol. The van der Waals surface area contributed by atoms with Crippen molar-refractivity contribution in [2.45, 2.75) is 32.7 Å². The fourth-order valence-corrected chi connectivity index (χ4v) is 1.67. The lowest BCUT2D eigenvalue weighted by Crippen LogP contribution is -2.42. The summed E-state index contributed by atoms with van der Waals surface area (Å²) in [5.74, 6) is -1.64. The second-order valence-corrected chi connectivity index (χ2v) is 5.69. The van der Waals surface area contributed by atoms with Crippen LogP contribution >= 0.6 is 0 Å². The molecule has 0 heterocycles. The van der Waals surface area contributed by atoms with Crippen LogP contribution in [0.3, 0.4) is 0 Å². The van der Waals surface area contributed by atoms with Gasteiger partial charge >= 0.3 is 5.97 Å². The summed E-state index contributed by atoms with van der Waals surface area (Å²) in [7, 11) is 0. The molecule has 6 nitrogen and oxygen atoms in total. The maximum Gasteiger partial charge on any atom is 0.335 e. The molecule has 21 heavy (non-hydrogen) atoms. The molecular weight excluding hydrogens is 272 g/mol. The number of carbonyl (C=O) groups excluding carboxylic acids is 2. The Kier molecular flexibility index (Phi) is 5.46. The molecular formula is C15H20N2O4. The number of nitrogens with one attached hydrogen (secondary N) is 2. The van der Waals surface area contributed by atoms with E-state index in [9.17, 15) is 14.4 Å². The Morgan fingerprint density at radius 3 is 2.33 bits per heavy atom. The molecule has 0 aliphatic rings. The zero-order valence-electron chi connectivity index (χ0n) is 12.4. The standard InChI is InChI=1S/C15H20N2O4/c1-15(2,3)17-12(18)7-8-16-13(19)10-5-4-6-11(9-10)14(20)21/h4-6,9H,7-8H2,1-3H3,(H,16,19)(H,17,18)(H,20,21). The van der Waals surface area contributed by atoms with Crippen LogP contribution in [0.2, 0.25) is 0 Å². The highest BCUT2D eigenvalue weighted by Gasteiger charge is 2.14. The minimum atomic E-state index is -1.09. The first-order valence-electron chi connectivity index (χ1n) is 6.61. The molecule has 0 aliphatic carbocycles. The van der Waals surface area contributed by atoms with Crippen molar-refractivity contribution >= 4 is 17.8 Å². The summed E-state index contributed by atoms with van der Waals surface area (Å²) >= 11 is 0. The van der Waals surface area contributed by atoms with E-state index in [1.807, 2.05) is 20.8 Å². The van der Waals surface area contributed by atoms with Gasteiger partial charge < -0.3 is 15.7 Å². The average molecular weight is 292 g/mol. The predicted octanol–water partition coefficient (Wildman–Crippen LogP) is 1.42. The van der Waals surface area contributed by atoms with Crippen molar-refractivity contribution < 1.29 is 19.5 Å². The molecule has 0 aliphatic heterocycles. The fraction of sp³-hybridized carbons (Fsp3) is 0.400. The summed E-state index contributed by atoms with van der Waals surface area (Å²) in [6.07, 6.45) is 0.168. The number of carbonyl (C=O) groups is 3. The van der Waals surface area contributed by atoms with Crippen LogP contribution in [0, 0.1) is 0 Å². The van der Waals surface area contributed by atoms with E-state index in [1.54, 1.807) is 0 Å². The number of carboxylic acid groups (broad SMARTS) is 1. The Hall–Kier alpha value is -2.37. The number of hydrogen-bond acceptors (Lipinski definition) is 3. The quantitative estimate of drug-likeness (QED) is 0.764. The van der Waals surface area contributed by atoms with Gasteiger partial charge in [0, 0.05) is 24.1 Å². The smallest absolute Gasteiger partial charge is 0.335 e. The summed E-state index contributed by atoms with van der Waals surface area (Å²) < 4.78 is 0. The molecule has 0 saturated heterocycles. The van der Waals surface area contributed by atoms with Crippen molar-refractivity contribution in [2.75, 3.05) is 6.54 Å². The second kappa shape index (κ2) is 6.88. The topological polar surface area (TPSA) is 95.5 Å². The molecule has 0 bridgehead atoms. The Morgan fingerprint density at radius 1 is 1.14 bits per heavy atom. The summed E-state index contributed by atoms with van der Waals surface area (Å²) in [6.45, 7) is 5.82. The van der Waals surface area contributed by atoms with E-state index in [0.717, 1.165) is 0 Å². The molecule has 0 aromatic heterocycles. The van der Waals surface area contributed by atoms with Gasteiger partial charge in [0.15, 0.2) is 0 Å². The lowest BCUT2D eigenvalue weighted by atomic mass is 10.1. The number of hydrogen-bond donors (Lipinski definition) is 3. The van der Waals surface area contributed by atoms with E-state index in [2.05, 4.69) is 10.6 Å². The van der Waals surface area contributed by atoms with Crippen molar-refractivity contribution in [2.24, 2.45) is 0 Å². The summed E-state index contributed by atoms with van der Waals surface area (Å²) in [5, 5.41) is 14.2. The van der Waals surface area contributed by atoms with Crippen LogP contribution in [-0.4, -0.2) is 35.0 Å². The lowest BCUT2D eigenvalue weighted by Gasteiger charge is -2.20. The number of rotatable bonds is 5. The molecule has 2 amide bonds. The van der Waals surface area contributed by atoms with Gasteiger partial charge in [0.05, 0.1) is 5.56 Å². The second-order valence-electron chi connectivity index (χ2n) is 5.69. The molecule has 1 rings (SSSR count).